The third-order valence-corrected chi connectivity index (χ3v) is 5.31. The van der Waals surface area contributed by atoms with E-state index in [1.165, 1.54) is 0 Å². The predicted molar refractivity (Wildman–Crippen MR) is 128 cm³/mol. The molecule has 2 heterocycles. The quantitative estimate of drug-likeness (QED) is 0.554. The zero-order valence-electron chi connectivity index (χ0n) is 19.4. The number of aromatic nitrogens is 1. The number of fused-ring (bicyclic) bond motifs is 2. The van der Waals surface area contributed by atoms with Gasteiger partial charge in [-0.2, -0.15) is 0 Å². The SMILES string of the molecule is CC(C)(C)NC(=O)NC(=O)COC(=O)c1c2c(nc3ccccc13)C(=Cc1ccco1)CCC2. The van der Waals surface area contributed by atoms with Crippen molar-refractivity contribution in [3.05, 3.63) is 65.2 Å². The molecule has 0 unspecified atom stereocenters. The van der Waals surface area contributed by atoms with Gasteiger partial charge >= 0.3 is 12.0 Å². The zero-order chi connectivity index (χ0) is 24.3. The number of nitrogens with zero attached hydrogens (tertiary/aromatic N) is 1. The number of rotatable bonds is 4. The second kappa shape index (κ2) is 9.51. The summed E-state index contributed by atoms with van der Waals surface area (Å²) < 4.78 is 10.8. The predicted octanol–water partition coefficient (Wildman–Crippen LogP) is 4.49. The molecule has 4 rings (SSSR count). The van der Waals surface area contributed by atoms with Crippen LogP contribution in [-0.2, 0) is 16.0 Å². The molecule has 8 heteroatoms. The molecule has 2 aromatic heterocycles. The first-order chi connectivity index (χ1) is 16.2. The van der Waals surface area contributed by atoms with Crippen LogP contribution in [0.15, 0.2) is 47.1 Å². The molecule has 0 saturated heterocycles. The number of urea groups is 1. The number of pyridine rings is 1. The second-order valence-electron chi connectivity index (χ2n) is 9.20. The van der Waals surface area contributed by atoms with Crippen molar-refractivity contribution in [2.45, 2.75) is 45.6 Å². The summed E-state index contributed by atoms with van der Waals surface area (Å²) in [6, 6.07) is 10.4. The van der Waals surface area contributed by atoms with Crippen LogP contribution in [0.1, 0.15) is 61.0 Å². The topological polar surface area (TPSA) is 111 Å². The van der Waals surface area contributed by atoms with Crippen molar-refractivity contribution in [2.24, 2.45) is 0 Å². The van der Waals surface area contributed by atoms with Crippen LogP contribution in [-0.4, -0.2) is 35.0 Å². The van der Waals surface area contributed by atoms with E-state index in [-0.39, 0.29) is 0 Å². The summed E-state index contributed by atoms with van der Waals surface area (Å²) in [7, 11) is 0. The van der Waals surface area contributed by atoms with Crippen LogP contribution < -0.4 is 10.6 Å². The van der Waals surface area contributed by atoms with Gasteiger partial charge in [0.15, 0.2) is 6.61 Å². The van der Waals surface area contributed by atoms with Gasteiger partial charge in [-0.3, -0.25) is 10.1 Å². The Morgan fingerprint density at radius 2 is 1.91 bits per heavy atom. The lowest BCUT2D eigenvalue weighted by atomic mass is 9.86. The Labute approximate surface area is 197 Å². The van der Waals surface area contributed by atoms with Crippen LogP contribution in [0, 0.1) is 0 Å². The molecule has 0 spiro atoms. The Morgan fingerprint density at radius 1 is 1.12 bits per heavy atom. The van der Waals surface area contributed by atoms with Crippen molar-refractivity contribution in [1.82, 2.24) is 15.6 Å². The fourth-order valence-corrected chi connectivity index (χ4v) is 3.99. The maximum Gasteiger partial charge on any atom is 0.339 e. The van der Waals surface area contributed by atoms with E-state index in [0.717, 1.165) is 29.7 Å². The van der Waals surface area contributed by atoms with Gasteiger partial charge in [0.2, 0.25) is 0 Å². The number of amides is 3. The van der Waals surface area contributed by atoms with Crippen LogP contribution in [0.25, 0.3) is 22.6 Å². The number of hydrogen-bond acceptors (Lipinski definition) is 6. The number of nitrogens with one attached hydrogen (secondary N) is 2. The number of ether oxygens (including phenoxy) is 1. The number of furan rings is 1. The summed E-state index contributed by atoms with van der Waals surface area (Å²) in [5.41, 5.74) is 3.07. The first-order valence-corrected chi connectivity index (χ1v) is 11.2. The first-order valence-electron chi connectivity index (χ1n) is 11.2. The van der Waals surface area contributed by atoms with Gasteiger partial charge in [-0.15, -0.1) is 0 Å². The average Bonchev–Trinajstić information content (AvgIpc) is 3.28. The van der Waals surface area contributed by atoms with Gasteiger partial charge in [0.1, 0.15) is 5.76 Å². The van der Waals surface area contributed by atoms with Crippen molar-refractivity contribution in [1.29, 1.82) is 0 Å². The molecule has 8 nitrogen and oxygen atoms in total. The van der Waals surface area contributed by atoms with E-state index < -0.39 is 30.1 Å². The first kappa shape index (κ1) is 23.2. The monoisotopic (exact) mass is 461 g/mol. The van der Waals surface area contributed by atoms with Crippen LogP contribution in [0.4, 0.5) is 4.79 Å². The number of hydrogen-bond donors (Lipinski definition) is 2. The number of allylic oxidation sites excluding steroid dienone is 1. The highest BCUT2D eigenvalue weighted by atomic mass is 16.5. The van der Waals surface area contributed by atoms with Crippen LogP contribution >= 0.6 is 0 Å². The van der Waals surface area contributed by atoms with E-state index in [2.05, 4.69) is 10.6 Å². The zero-order valence-corrected chi connectivity index (χ0v) is 19.4. The van der Waals surface area contributed by atoms with Gasteiger partial charge in [0, 0.05) is 10.9 Å². The van der Waals surface area contributed by atoms with Crippen LogP contribution in [0.2, 0.25) is 0 Å². The summed E-state index contributed by atoms with van der Waals surface area (Å²) in [6.07, 6.45) is 5.86. The molecule has 34 heavy (non-hydrogen) atoms. The van der Waals surface area contributed by atoms with Crippen molar-refractivity contribution >= 4 is 40.5 Å². The van der Waals surface area contributed by atoms with Crippen LogP contribution in [0.5, 0.6) is 0 Å². The minimum absolute atomic E-state index is 0.401. The van der Waals surface area contributed by atoms with Gasteiger partial charge in [0.05, 0.1) is 23.0 Å². The number of benzene rings is 1. The van der Waals surface area contributed by atoms with Gasteiger partial charge in [-0.25, -0.2) is 14.6 Å². The standard InChI is InChI=1S/C26H27N3O5/c1-26(2,3)29-25(32)28-21(30)15-34-24(31)22-18-10-4-5-12-20(18)27-23-16(8-6-11-19(22)23)14-17-9-7-13-33-17/h4-5,7,9-10,12-14H,6,8,11,15H2,1-3H3,(H2,28,29,30,32). The average molecular weight is 462 g/mol. The van der Waals surface area contributed by atoms with E-state index in [1.807, 2.05) is 42.5 Å². The third kappa shape index (κ3) is 5.33. The molecule has 0 atom stereocenters. The summed E-state index contributed by atoms with van der Waals surface area (Å²) in [5.74, 6) is -0.617. The number of carbonyl (C=O) groups is 3. The maximum atomic E-state index is 13.2. The minimum atomic E-state index is -0.708. The van der Waals surface area contributed by atoms with Gasteiger partial charge in [-0.05, 0) is 75.4 Å². The fraction of sp³-hybridized carbons (Fsp3) is 0.308. The van der Waals surface area contributed by atoms with E-state index in [1.54, 1.807) is 27.0 Å². The van der Waals surface area contributed by atoms with Crippen LogP contribution in [0.3, 0.4) is 0 Å². The number of carbonyl (C=O) groups excluding carboxylic acids is 3. The lowest BCUT2D eigenvalue weighted by Gasteiger charge is -2.22. The molecular formula is C26H27N3O5. The molecule has 176 valence electrons. The lowest BCUT2D eigenvalue weighted by molar-refractivity contribution is -0.123. The molecule has 1 aliphatic rings. The third-order valence-electron chi connectivity index (χ3n) is 5.31. The Hall–Kier alpha value is -3.94. The van der Waals surface area contributed by atoms with Crippen molar-refractivity contribution in [3.63, 3.8) is 0 Å². The number of imide groups is 1. The summed E-state index contributed by atoms with van der Waals surface area (Å²) in [6.45, 7) is 4.81. The highest BCUT2D eigenvalue weighted by molar-refractivity contribution is 6.07. The Bertz CT molecular complexity index is 1270. The fourth-order valence-electron chi connectivity index (χ4n) is 3.99. The Balaban J connectivity index is 1.61. The highest BCUT2D eigenvalue weighted by Crippen LogP contribution is 2.36. The van der Waals surface area contributed by atoms with E-state index in [9.17, 15) is 14.4 Å². The molecule has 3 amide bonds. The van der Waals surface area contributed by atoms with Crippen molar-refractivity contribution < 1.29 is 23.5 Å². The normalized spacial score (nSPS) is 14.5. The van der Waals surface area contributed by atoms with E-state index in [4.69, 9.17) is 14.1 Å². The molecule has 0 saturated carbocycles. The molecule has 2 N–H and O–H groups in total. The smallest absolute Gasteiger partial charge is 0.339 e. The van der Waals surface area contributed by atoms with Gasteiger partial charge in [0.25, 0.3) is 5.91 Å². The maximum absolute atomic E-state index is 13.2. The number of esters is 1. The van der Waals surface area contributed by atoms with Gasteiger partial charge in [-0.1, -0.05) is 18.2 Å². The Morgan fingerprint density at radius 3 is 2.65 bits per heavy atom. The molecule has 3 aromatic rings. The molecular weight excluding hydrogens is 434 g/mol. The molecule has 0 fully saturated rings. The molecule has 0 aliphatic heterocycles. The number of para-hydroxylation sites is 1. The van der Waals surface area contributed by atoms with Crippen molar-refractivity contribution in [3.8, 4) is 0 Å². The largest absolute Gasteiger partial charge is 0.465 e. The molecule has 0 radical (unpaired) electrons. The molecule has 0 bridgehead atoms. The Kier molecular flexibility index (Phi) is 6.49. The van der Waals surface area contributed by atoms with E-state index in [0.29, 0.717) is 28.6 Å². The molecule has 1 aliphatic carbocycles. The van der Waals surface area contributed by atoms with Crippen molar-refractivity contribution in [2.75, 3.05) is 6.61 Å². The van der Waals surface area contributed by atoms with Gasteiger partial charge < -0.3 is 14.5 Å². The second-order valence-corrected chi connectivity index (χ2v) is 9.20. The highest BCUT2D eigenvalue weighted by Gasteiger charge is 2.27. The lowest BCUT2D eigenvalue weighted by Crippen LogP contribution is -2.49. The summed E-state index contributed by atoms with van der Waals surface area (Å²) in [5, 5.41) is 5.46. The summed E-state index contributed by atoms with van der Waals surface area (Å²) in [4.78, 5) is 42.1. The molecule has 1 aromatic carbocycles. The summed E-state index contributed by atoms with van der Waals surface area (Å²) >= 11 is 0. The van der Waals surface area contributed by atoms with E-state index >= 15 is 0 Å². The minimum Gasteiger partial charge on any atom is -0.465 e.